The normalized spacial score (nSPS) is 14.0. The van der Waals surface area contributed by atoms with Gasteiger partial charge in [0, 0.05) is 18.1 Å². The third kappa shape index (κ3) is 3.86. The lowest BCUT2D eigenvalue weighted by Gasteiger charge is -2.12. The zero-order chi connectivity index (χ0) is 11.3. The highest BCUT2D eigenvalue weighted by Gasteiger charge is 2.19. The molecule has 86 valence electrons. The number of aromatic nitrogens is 1. The Balaban J connectivity index is 2.50. The van der Waals surface area contributed by atoms with Gasteiger partial charge in [0.25, 0.3) is 0 Å². The first-order valence-electron chi connectivity index (χ1n) is 4.57. The van der Waals surface area contributed by atoms with Gasteiger partial charge in [0.15, 0.2) is 0 Å². The molecule has 7 heteroatoms. The van der Waals surface area contributed by atoms with Gasteiger partial charge in [-0.05, 0) is 14.0 Å². The molecule has 1 aromatic rings. The van der Waals surface area contributed by atoms with Crippen LogP contribution < -0.4 is 10.0 Å². The molecule has 0 aliphatic rings. The summed E-state index contributed by atoms with van der Waals surface area (Å²) < 4.78 is 25.8. The summed E-state index contributed by atoms with van der Waals surface area (Å²) in [7, 11) is -1.52. The molecule has 0 radical (unpaired) electrons. The Morgan fingerprint density at radius 1 is 1.60 bits per heavy atom. The predicted molar refractivity (Wildman–Crippen MR) is 61.3 cm³/mol. The fourth-order valence-corrected chi connectivity index (χ4v) is 2.70. The molecule has 1 heterocycles. The summed E-state index contributed by atoms with van der Waals surface area (Å²) in [6, 6.07) is 0. The maximum absolute atomic E-state index is 11.6. The van der Waals surface area contributed by atoms with Gasteiger partial charge in [-0.3, -0.25) is 0 Å². The van der Waals surface area contributed by atoms with Crippen LogP contribution in [0.3, 0.4) is 0 Å². The van der Waals surface area contributed by atoms with Gasteiger partial charge < -0.3 is 5.32 Å². The molecule has 0 bridgehead atoms. The van der Waals surface area contributed by atoms with E-state index >= 15 is 0 Å². The molecule has 15 heavy (non-hydrogen) atoms. The van der Waals surface area contributed by atoms with E-state index in [1.165, 1.54) is 11.3 Å². The van der Waals surface area contributed by atoms with E-state index in [1.807, 2.05) is 5.38 Å². The smallest absolute Gasteiger partial charge is 0.215 e. The predicted octanol–water partition coefficient (Wildman–Crippen LogP) is 0.170. The van der Waals surface area contributed by atoms with Crippen molar-refractivity contribution < 1.29 is 8.42 Å². The second kappa shape index (κ2) is 5.55. The molecular weight excluding hydrogens is 234 g/mol. The van der Waals surface area contributed by atoms with Crippen LogP contribution in [-0.4, -0.2) is 32.2 Å². The third-order valence-corrected chi connectivity index (χ3v) is 4.48. The number of thiazole rings is 1. The van der Waals surface area contributed by atoms with Crippen molar-refractivity contribution >= 4 is 21.4 Å². The van der Waals surface area contributed by atoms with Gasteiger partial charge in [-0.1, -0.05) is 0 Å². The summed E-state index contributed by atoms with van der Waals surface area (Å²) in [5.41, 5.74) is 0. The van der Waals surface area contributed by atoms with Crippen LogP contribution in [0.25, 0.3) is 0 Å². The van der Waals surface area contributed by atoms with E-state index in [1.54, 1.807) is 20.2 Å². The van der Waals surface area contributed by atoms with Crippen molar-refractivity contribution in [3.63, 3.8) is 0 Å². The third-order valence-electron chi connectivity index (χ3n) is 1.93. The van der Waals surface area contributed by atoms with Crippen LogP contribution in [0.5, 0.6) is 0 Å². The van der Waals surface area contributed by atoms with Crippen LogP contribution in [-0.2, 0) is 16.6 Å². The topological polar surface area (TPSA) is 71.1 Å². The molecule has 0 aliphatic heterocycles. The minimum atomic E-state index is -3.24. The lowest BCUT2D eigenvalue weighted by atomic mass is 10.5. The summed E-state index contributed by atoms with van der Waals surface area (Å²) in [6.07, 6.45) is 1.66. The lowest BCUT2D eigenvalue weighted by molar-refractivity contribution is 0.563. The molecule has 0 fully saturated rings. The Bertz CT molecular complexity index is 375. The minimum Gasteiger partial charge on any atom is -0.318 e. The first kappa shape index (κ1) is 12.6. The van der Waals surface area contributed by atoms with E-state index in [0.29, 0.717) is 6.54 Å². The highest BCUT2D eigenvalue weighted by atomic mass is 32.2. The molecule has 0 spiro atoms. The van der Waals surface area contributed by atoms with Gasteiger partial charge in [0.1, 0.15) is 5.01 Å². The van der Waals surface area contributed by atoms with E-state index in [0.717, 1.165) is 5.01 Å². The first-order chi connectivity index (χ1) is 7.06. The molecule has 0 aliphatic carbocycles. The van der Waals surface area contributed by atoms with E-state index in [4.69, 9.17) is 0 Å². The minimum absolute atomic E-state index is 0.272. The summed E-state index contributed by atoms with van der Waals surface area (Å²) in [5, 5.41) is 4.99. The van der Waals surface area contributed by atoms with Crippen LogP contribution in [0.15, 0.2) is 11.6 Å². The number of sulfonamides is 1. The van der Waals surface area contributed by atoms with Crippen molar-refractivity contribution in [2.75, 3.05) is 13.6 Å². The number of hydrogen-bond acceptors (Lipinski definition) is 5. The van der Waals surface area contributed by atoms with Gasteiger partial charge in [-0.2, -0.15) is 0 Å². The molecule has 1 rings (SSSR count). The quantitative estimate of drug-likeness (QED) is 0.754. The monoisotopic (exact) mass is 249 g/mol. The number of nitrogens with zero attached hydrogens (tertiary/aromatic N) is 1. The van der Waals surface area contributed by atoms with Crippen molar-refractivity contribution in [3.8, 4) is 0 Å². The Morgan fingerprint density at radius 3 is 2.87 bits per heavy atom. The van der Waals surface area contributed by atoms with Gasteiger partial charge in [0.05, 0.1) is 11.8 Å². The maximum atomic E-state index is 11.6. The zero-order valence-electron chi connectivity index (χ0n) is 8.73. The van der Waals surface area contributed by atoms with Crippen LogP contribution in [0, 0.1) is 0 Å². The Hall–Kier alpha value is -0.500. The molecule has 0 amide bonds. The van der Waals surface area contributed by atoms with Gasteiger partial charge in [0.2, 0.25) is 10.0 Å². The van der Waals surface area contributed by atoms with Gasteiger partial charge in [-0.15, -0.1) is 11.3 Å². The van der Waals surface area contributed by atoms with E-state index in [2.05, 4.69) is 15.0 Å². The standard InChI is InChI=1S/C8H15N3O2S2/c1-7(5-9-2)15(12,13)11-6-8-10-3-4-14-8/h3-4,7,9,11H,5-6H2,1-2H3. The largest absolute Gasteiger partial charge is 0.318 e. The van der Waals surface area contributed by atoms with Crippen molar-refractivity contribution in [1.29, 1.82) is 0 Å². The summed E-state index contributed by atoms with van der Waals surface area (Å²) in [6.45, 7) is 2.38. The zero-order valence-corrected chi connectivity index (χ0v) is 10.4. The maximum Gasteiger partial charge on any atom is 0.215 e. The van der Waals surface area contributed by atoms with Crippen molar-refractivity contribution in [2.24, 2.45) is 0 Å². The Kier molecular flexibility index (Phi) is 4.65. The van der Waals surface area contributed by atoms with E-state index in [9.17, 15) is 8.42 Å². The molecule has 5 nitrogen and oxygen atoms in total. The summed E-state index contributed by atoms with van der Waals surface area (Å²) >= 11 is 1.44. The van der Waals surface area contributed by atoms with Gasteiger partial charge in [-0.25, -0.2) is 18.1 Å². The second-order valence-corrected chi connectivity index (χ2v) is 6.32. The average molecular weight is 249 g/mol. The highest BCUT2D eigenvalue weighted by Crippen LogP contribution is 2.05. The van der Waals surface area contributed by atoms with E-state index < -0.39 is 15.3 Å². The van der Waals surface area contributed by atoms with Crippen molar-refractivity contribution in [2.45, 2.75) is 18.7 Å². The van der Waals surface area contributed by atoms with E-state index in [-0.39, 0.29) is 6.54 Å². The summed E-state index contributed by atoms with van der Waals surface area (Å²) in [5.74, 6) is 0. The fourth-order valence-electron chi connectivity index (χ4n) is 1.04. The SMILES string of the molecule is CNCC(C)S(=O)(=O)NCc1nccs1. The fraction of sp³-hybridized carbons (Fsp3) is 0.625. The van der Waals surface area contributed by atoms with Crippen LogP contribution in [0.1, 0.15) is 11.9 Å². The molecule has 0 saturated heterocycles. The summed E-state index contributed by atoms with van der Waals surface area (Å²) in [4.78, 5) is 4.00. The Labute approximate surface area is 94.0 Å². The van der Waals surface area contributed by atoms with Gasteiger partial charge >= 0.3 is 0 Å². The average Bonchev–Trinajstić information content (AvgIpc) is 2.68. The van der Waals surface area contributed by atoms with Crippen LogP contribution in [0.4, 0.5) is 0 Å². The van der Waals surface area contributed by atoms with Crippen molar-refractivity contribution in [1.82, 2.24) is 15.0 Å². The second-order valence-electron chi connectivity index (χ2n) is 3.16. The number of rotatable bonds is 6. The van der Waals surface area contributed by atoms with Crippen molar-refractivity contribution in [3.05, 3.63) is 16.6 Å². The molecule has 1 unspecified atom stereocenters. The lowest BCUT2D eigenvalue weighted by Crippen LogP contribution is -2.37. The van der Waals surface area contributed by atoms with Crippen LogP contribution in [0.2, 0.25) is 0 Å². The molecule has 2 N–H and O–H groups in total. The molecule has 0 aromatic carbocycles. The highest BCUT2D eigenvalue weighted by molar-refractivity contribution is 7.90. The number of hydrogen-bond donors (Lipinski definition) is 2. The molecule has 0 saturated carbocycles. The first-order valence-corrected chi connectivity index (χ1v) is 7.00. The Morgan fingerprint density at radius 2 is 2.33 bits per heavy atom. The number of nitrogens with one attached hydrogen (secondary N) is 2. The molecular formula is C8H15N3O2S2. The molecule has 1 atom stereocenters. The molecule has 1 aromatic heterocycles. The van der Waals surface area contributed by atoms with Crippen LogP contribution >= 0.6 is 11.3 Å².